The Hall–Kier alpha value is -3.13. The quantitative estimate of drug-likeness (QED) is 0.297. The highest BCUT2D eigenvalue weighted by atomic mass is 32.2. The van der Waals surface area contributed by atoms with E-state index in [9.17, 15) is 9.59 Å². The van der Waals surface area contributed by atoms with Crippen molar-refractivity contribution in [2.75, 3.05) is 11.1 Å². The molecule has 0 saturated carbocycles. The van der Waals surface area contributed by atoms with Crippen LogP contribution in [0.25, 0.3) is 16.7 Å². The maximum atomic E-state index is 13.1. The molecule has 33 heavy (non-hydrogen) atoms. The zero-order valence-corrected chi connectivity index (χ0v) is 20.3. The van der Waals surface area contributed by atoms with Gasteiger partial charge in [0, 0.05) is 12.2 Å². The molecule has 1 N–H and O–H groups in total. The average molecular weight is 464 g/mol. The maximum absolute atomic E-state index is 13.1. The molecule has 2 heterocycles. The molecule has 2 aromatic carbocycles. The Morgan fingerprint density at radius 2 is 1.79 bits per heavy atom. The third-order valence-corrected chi connectivity index (χ3v) is 6.67. The monoisotopic (exact) mass is 463 g/mol. The van der Waals surface area contributed by atoms with E-state index in [1.165, 1.54) is 17.3 Å². The topological polar surface area (TPSA) is 81.3 Å². The molecule has 2 aromatic heterocycles. The van der Waals surface area contributed by atoms with Gasteiger partial charge < -0.3 is 5.32 Å². The summed E-state index contributed by atoms with van der Waals surface area (Å²) >= 11 is 1.32. The number of hydrogen-bond donors (Lipinski definition) is 1. The molecule has 8 heteroatoms. The van der Waals surface area contributed by atoms with Crippen molar-refractivity contribution in [1.29, 1.82) is 0 Å². The van der Waals surface area contributed by atoms with Gasteiger partial charge in [0.15, 0.2) is 5.16 Å². The molecule has 0 bridgehead atoms. The van der Waals surface area contributed by atoms with Crippen LogP contribution in [0.5, 0.6) is 0 Å². The van der Waals surface area contributed by atoms with E-state index in [2.05, 4.69) is 34.6 Å². The lowest BCUT2D eigenvalue weighted by Crippen LogP contribution is -2.23. The van der Waals surface area contributed by atoms with Gasteiger partial charge in [-0.15, -0.1) is 10.2 Å². The summed E-state index contributed by atoms with van der Waals surface area (Å²) in [5, 5.41) is 12.9. The number of carbonyl (C=O) groups is 1. The first-order chi connectivity index (χ1) is 15.9. The summed E-state index contributed by atoms with van der Waals surface area (Å²) in [6.45, 7) is 8.77. The first-order valence-corrected chi connectivity index (χ1v) is 12.3. The van der Waals surface area contributed by atoms with Crippen molar-refractivity contribution in [2.24, 2.45) is 0 Å². The van der Waals surface area contributed by atoms with Gasteiger partial charge in [-0.3, -0.25) is 18.6 Å². The second kappa shape index (κ2) is 9.79. The van der Waals surface area contributed by atoms with Gasteiger partial charge in [0.1, 0.15) is 0 Å². The fourth-order valence-corrected chi connectivity index (χ4v) is 4.97. The van der Waals surface area contributed by atoms with E-state index < -0.39 is 0 Å². The Morgan fingerprint density at radius 3 is 2.52 bits per heavy atom. The average Bonchev–Trinajstić information content (AvgIpc) is 3.21. The Kier molecular flexibility index (Phi) is 6.83. The summed E-state index contributed by atoms with van der Waals surface area (Å²) in [4.78, 5) is 25.9. The molecule has 0 fully saturated rings. The van der Waals surface area contributed by atoms with Crippen LogP contribution < -0.4 is 10.9 Å². The van der Waals surface area contributed by atoms with Gasteiger partial charge in [-0.2, -0.15) is 0 Å². The summed E-state index contributed by atoms with van der Waals surface area (Å²) in [6.07, 6.45) is 3.01. The van der Waals surface area contributed by atoms with Crippen molar-refractivity contribution in [3.05, 3.63) is 63.4 Å². The summed E-state index contributed by atoms with van der Waals surface area (Å²) in [7, 11) is 0. The Labute approximate surface area is 197 Å². The minimum Gasteiger partial charge on any atom is -0.325 e. The molecule has 0 spiro atoms. The van der Waals surface area contributed by atoms with Gasteiger partial charge in [0.25, 0.3) is 5.56 Å². The second-order valence-corrected chi connectivity index (χ2v) is 9.35. The van der Waals surface area contributed by atoms with Crippen molar-refractivity contribution < 1.29 is 4.79 Å². The molecule has 172 valence electrons. The molecule has 0 radical (unpaired) electrons. The zero-order chi connectivity index (χ0) is 23.5. The van der Waals surface area contributed by atoms with Crippen molar-refractivity contribution >= 4 is 40.0 Å². The fourth-order valence-electron chi connectivity index (χ4n) is 4.23. The van der Waals surface area contributed by atoms with Crippen LogP contribution in [0, 0.1) is 20.8 Å². The van der Waals surface area contributed by atoms with Crippen molar-refractivity contribution in [1.82, 2.24) is 19.2 Å². The summed E-state index contributed by atoms with van der Waals surface area (Å²) in [5.74, 6) is 0.604. The van der Waals surface area contributed by atoms with Gasteiger partial charge in [-0.05, 0) is 50.5 Å². The smallest absolute Gasteiger partial charge is 0.262 e. The van der Waals surface area contributed by atoms with Gasteiger partial charge in [-0.1, -0.05) is 61.4 Å². The van der Waals surface area contributed by atoms with E-state index in [1.54, 1.807) is 4.57 Å². The van der Waals surface area contributed by atoms with E-state index in [1.807, 2.05) is 49.4 Å². The molecule has 1 amide bonds. The highest BCUT2D eigenvalue weighted by Gasteiger charge is 2.18. The van der Waals surface area contributed by atoms with Gasteiger partial charge in [-0.25, -0.2) is 0 Å². The summed E-state index contributed by atoms with van der Waals surface area (Å²) < 4.78 is 3.59. The summed E-state index contributed by atoms with van der Waals surface area (Å²) in [6, 6.07) is 11.6. The lowest BCUT2D eigenvalue weighted by atomic mass is 10.1. The molecule has 0 unspecified atom stereocenters. The van der Waals surface area contributed by atoms with Gasteiger partial charge in [0.05, 0.1) is 16.7 Å². The number of amides is 1. The van der Waals surface area contributed by atoms with Gasteiger partial charge in [0.2, 0.25) is 11.7 Å². The minimum absolute atomic E-state index is 0.0544. The van der Waals surface area contributed by atoms with E-state index in [0.717, 1.165) is 41.6 Å². The lowest BCUT2D eigenvalue weighted by Gasteiger charge is -2.13. The Morgan fingerprint density at radius 1 is 1.06 bits per heavy atom. The largest absolute Gasteiger partial charge is 0.325 e. The van der Waals surface area contributed by atoms with Gasteiger partial charge >= 0.3 is 0 Å². The number of carbonyl (C=O) groups excluding carboxylic acids is 1. The predicted octanol–water partition coefficient (Wildman–Crippen LogP) is 4.89. The molecule has 4 rings (SSSR count). The van der Waals surface area contributed by atoms with Crippen LogP contribution in [0.1, 0.15) is 42.9 Å². The highest BCUT2D eigenvalue weighted by Crippen LogP contribution is 2.24. The number of aryl methyl sites for hydroxylation is 4. The Balaban J connectivity index is 1.64. The number of aromatic nitrogens is 4. The SMILES string of the molecule is CCCCCn1c(=O)c2ccccc2n2c(SCC(=O)Nc3c(C)cc(C)cc3C)nnc12. The first kappa shape index (κ1) is 23.0. The number of rotatable bonds is 8. The highest BCUT2D eigenvalue weighted by molar-refractivity contribution is 7.99. The number of benzene rings is 2. The molecule has 0 aliphatic carbocycles. The van der Waals surface area contributed by atoms with Crippen LogP contribution in [-0.4, -0.2) is 30.8 Å². The molecule has 4 aromatic rings. The minimum atomic E-state index is -0.104. The normalized spacial score (nSPS) is 11.4. The number of nitrogens with zero attached hydrogens (tertiary/aromatic N) is 4. The number of nitrogens with one attached hydrogen (secondary N) is 1. The van der Waals surface area contributed by atoms with E-state index >= 15 is 0 Å². The molecular formula is C25H29N5O2S. The zero-order valence-electron chi connectivity index (χ0n) is 19.5. The third-order valence-electron chi connectivity index (χ3n) is 5.74. The molecule has 0 atom stereocenters. The van der Waals surface area contributed by atoms with E-state index in [-0.39, 0.29) is 17.2 Å². The standard InChI is InChI=1S/C25H29N5O2S/c1-5-6-9-12-29-23(32)19-10-7-8-11-20(19)30-24(29)27-28-25(30)33-15-21(31)26-22-17(3)13-16(2)14-18(22)4/h7-8,10-11,13-14H,5-6,9,12,15H2,1-4H3,(H,26,31). The molecule has 0 saturated heterocycles. The predicted molar refractivity (Wildman–Crippen MR) is 134 cm³/mol. The number of unbranched alkanes of at least 4 members (excludes halogenated alkanes) is 2. The fraction of sp³-hybridized carbons (Fsp3) is 0.360. The number of fused-ring (bicyclic) bond motifs is 3. The number of thioether (sulfide) groups is 1. The first-order valence-electron chi connectivity index (χ1n) is 11.3. The number of anilines is 1. The maximum Gasteiger partial charge on any atom is 0.262 e. The van der Waals surface area contributed by atoms with Crippen LogP contribution in [0.2, 0.25) is 0 Å². The summed E-state index contributed by atoms with van der Waals surface area (Å²) in [5.41, 5.74) is 4.81. The van der Waals surface area contributed by atoms with Crippen molar-refractivity contribution in [3.63, 3.8) is 0 Å². The van der Waals surface area contributed by atoms with Crippen LogP contribution in [0.15, 0.2) is 46.3 Å². The molecule has 0 aliphatic heterocycles. The van der Waals surface area contributed by atoms with Crippen LogP contribution >= 0.6 is 11.8 Å². The van der Waals surface area contributed by atoms with Crippen LogP contribution in [0.3, 0.4) is 0 Å². The van der Waals surface area contributed by atoms with Crippen LogP contribution in [-0.2, 0) is 11.3 Å². The van der Waals surface area contributed by atoms with E-state index in [4.69, 9.17) is 0 Å². The molecule has 7 nitrogen and oxygen atoms in total. The number of para-hydroxylation sites is 1. The Bertz CT molecular complexity index is 1370. The second-order valence-electron chi connectivity index (χ2n) is 8.41. The van der Waals surface area contributed by atoms with Crippen LogP contribution in [0.4, 0.5) is 5.69 Å². The lowest BCUT2D eigenvalue weighted by molar-refractivity contribution is -0.113. The molecular weight excluding hydrogens is 434 g/mol. The van der Waals surface area contributed by atoms with E-state index in [0.29, 0.717) is 22.9 Å². The van der Waals surface area contributed by atoms with Crippen molar-refractivity contribution in [2.45, 2.75) is 58.7 Å². The van der Waals surface area contributed by atoms with Crippen molar-refractivity contribution in [3.8, 4) is 0 Å². The third kappa shape index (κ3) is 4.66. The molecule has 0 aliphatic rings. The number of hydrogen-bond acceptors (Lipinski definition) is 5.